The fourth-order valence-electron chi connectivity index (χ4n) is 1.67. The highest BCUT2D eigenvalue weighted by Crippen LogP contribution is 2.35. The lowest BCUT2D eigenvalue weighted by molar-refractivity contribution is -0.0989. The standard InChI is InChI=1S/C13H20ClNO4/c1-16-11-6-9(5-10(14)13(11)19-4)7-15-8-12(17-2)18-3/h5-6,12,15H,7-8H2,1-4H3. The SMILES string of the molecule is COc1cc(CNCC(OC)OC)cc(Cl)c1OC. The third-order valence-corrected chi connectivity index (χ3v) is 2.94. The molecule has 0 heterocycles. The molecule has 0 spiro atoms. The Bertz CT molecular complexity index is 396. The van der Waals surface area contributed by atoms with Gasteiger partial charge in [-0.3, -0.25) is 0 Å². The third kappa shape index (κ3) is 4.54. The monoisotopic (exact) mass is 289 g/mol. The van der Waals surface area contributed by atoms with E-state index < -0.39 is 0 Å². The van der Waals surface area contributed by atoms with Crippen LogP contribution in [0.2, 0.25) is 5.02 Å². The summed E-state index contributed by atoms with van der Waals surface area (Å²) in [6.45, 7) is 1.21. The van der Waals surface area contributed by atoms with Crippen LogP contribution in [-0.2, 0) is 16.0 Å². The molecule has 6 heteroatoms. The van der Waals surface area contributed by atoms with Crippen LogP contribution < -0.4 is 14.8 Å². The molecule has 0 aliphatic carbocycles. The van der Waals surface area contributed by atoms with E-state index in [9.17, 15) is 0 Å². The Morgan fingerprint density at radius 2 is 1.79 bits per heavy atom. The van der Waals surface area contributed by atoms with Crippen LogP contribution in [0, 0.1) is 0 Å². The molecule has 0 fully saturated rings. The molecule has 0 bridgehead atoms. The predicted molar refractivity (Wildman–Crippen MR) is 74.1 cm³/mol. The molecule has 19 heavy (non-hydrogen) atoms. The molecule has 0 aliphatic heterocycles. The van der Waals surface area contributed by atoms with E-state index in [-0.39, 0.29) is 6.29 Å². The average Bonchev–Trinajstić information content (AvgIpc) is 2.43. The summed E-state index contributed by atoms with van der Waals surface area (Å²) in [6.07, 6.45) is -0.268. The summed E-state index contributed by atoms with van der Waals surface area (Å²) >= 11 is 6.13. The van der Waals surface area contributed by atoms with E-state index in [1.807, 2.05) is 12.1 Å². The van der Waals surface area contributed by atoms with E-state index in [1.54, 1.807) is 28.4 Å². The van der Waals surface area contributed by atoms with E-state index >= 15 is 0 Å². The van der Waals surface area contributed by atoms with Gasteiger partial charge in [0.25, 0.3) is 0 Å². The summed E-state index contributed by atoms with van der Waals surface area (Å²) < 4.78 is 20.6. The molecule has 1 aromatic rings. The molecule has 0 amide bonds. The number of benzene rings is 1. The molecular formula is C13H20ClNO4. The summed E-state index contributed by atoms with van der Waals surface area (Å²) in [4.78, 5) is 0. The van der Waals surface area contributed by atoms with Crippen molar-refractivity contribution >= 4 is 11.6 Å². The Balaban J connectivity index is 2.66. The Morgan fingerprint density at radius 1 is 1.11 bits per heavy atom. The summed E-state index contributed by atoms with van der Waals surface area (Å²) in [5.74, 6) is 1.15. The van der Waals surface area contributed by atoms with Crippen LogP contribution in [0.1, 0.15) is 5.56 Å². The van der Waals surface area contributed by atoms with Crippen LogP contribution in [0.15, 0.2) is 12.1 Å². The summed E-state index contributed by atoms with van der Waals surface area (Å²) in [6, 6.07) is 3.72. The van der Waals surface area contributed by atoms with Gasteiger partial charge < -0.3 is 24.3 Å². The summed E-state index contributed by atoms with van der Waals surface area (Å²) in [7, 11) is 6.34. The zero-order valence-corrected chi connectivity index (χ0v) is 12.4. The van der Waals surface area contributed by atoms with Gasteiger partial charge in [-0.2, -0.15) is 0 Å². The lowest BCUT2D eigenvalue weighted by Gasteiger charge is -2.15. The van der Waals surface area contributed by atoms with Gasteiger partial charge in [0.1, 0.15) is 0 Å². The number of ether oxygens (including phenoxy) is 4. The maximum absolute atomic E-state index is 6.13. The zero-order chi connectivity index (χ0) is 14.3. The molecule has 0 radical (unpaired) electrons. The van der Waals surface area contributed by atoms with Crippen molar-refractivity contribution in [2.75, 3.05) is 35.0 Å². The zero-order valence-electron chi connectivity index (χ0n) is 11.7. The number of halogens is 1. The van der Waals surface area contributed by atoms with Gasteiger partial charge in [-0.25, -0.2) is 0 Å². The van der Waals surface area contributed by atoms with Crippen molar-refractivity contribution in [3.63, 3.8) is 0 Å². The molecule has 5 nitrogen and oxygen atoms in total. The van der Waals surface area contributed by atoms with Crippen molar-refractivity contribution in [1.29, 1.82) is 0 Å². The minimum absolute atomic E-state index is 0.268. The highest BCUT2D eigenvalue weighted by atomic mass is 35.5. The normalized spacial score (nSPS) is 10.8. The van der Waals surface area contributed by atoms with Crippen molar-refractivity contribution in [2.45, 2.75) is 12.8 Å². The fourth-order valence-corrected chi connectivity index (χ4v) is 1.98. The van der Waals surface area contributed by atoms with Crippen LogP contribution in [0.5, 0.6) is 11.5 Å². The van der Waals surface area contributed by atoms with Crippen molar-refractivity contribution in [3.8, 4) is 11.5 Å². The van der Waals surface area contributed by atoms with Gasteiger partial charge in [0.15, 0.2) is 17.8 Å². The molecule has 108 valence electrons. The van der Waals surface area contributed by atoms with Gasteiger partial charge in [-0.1, -0.05) is 11.6 Å². The predicted octanol–water partition coefficient (Wildman–Crippen LogP) is 2.07. The minimum atomic E-state index is -0.268. The fraction of sp³-hybridized carbons (Fsp3) is 0.538. The van der Waals surface area contributed by atoms with Crippen LogP contribution in [0.3, 0.4) is 0 Å². The summed E-state index contributed by atoms with van der Waals surface area (Å²) in [5, 5.41) is 3.74. The Morgan fingerprint density at radius 3 is 2.32 bits per heavy atom. The lowest BCUT2D eigenvalue weighted by atomic mass is 10.2. The quantitative estimate of drug-likeness (QED) is 0.743. The Labute approximate surface area is 118 Å². The molecular weight excluding hydrogens is 270 g/mol. The van der Waals surface area contributed by atoms with E-state index in [1.165, 1.54) is 0 Å². The van der Waals surface area contributed by atoms with Gasteiger partial charge in [0.2, 0.25) is 0 Å². The maximum Gasteiger partial charge on any atom is 0.179 e. The van der Waals surface area contributed by atoms with Crippen LogP contribution in [-0.4, -0.2) is 41.3 Å². The van der Waals surface area contributed by atoms with E-state index in [0.717, 1.165) is 5.56 Å². The first kappa shape index (κ1) is 16.0. The van der Waals surface area contributed by atoms with Gasteiger partial charge in [0, 0.05) is 27.3 Å². The smallest absolute Gasteiger partial charge is 0.179 e. The van der Waals surface area contributed by atoms with Gasteiger partial charge in [-0.15, -0.1) is 0 Å². The van der Waals surface area contributed by atoms with E-state index in [2.05, 4.69) is 5.32 Å². The maximum atomic E-state index is 6.13. The van der Waals surface area contributed by atoms with Gasteiger partial charge in [-0.05, 0) is 17.7 Å². The van der Waals surface area contributed by atoms with Crippen LogP contribution >= 0.6 is 11.6 Å². The van der Waals surface area contributed by atoms with Gasteiger partial charge in [0.05, 0.1) is 19.2 Å². The van der Waals surface area contributed by atoms with Crippen LogP contribution in [0.25, 0.3) is 0 Å². The van der Waals surface area contributed by atoms with Crippen molar-refractivity contribution in [1.82, 2.24) is 5.32 Å². The highest BCUT2D eigenvalue weighted by Gasteiger charge is 2.11. The topological polar surface area (TPSA) is 49.0 Å². The Hall–Kier alpha value is -1.01. The lowest BCUT2D eigenvalue weighted by Crippen LogP contribution is -2.29. The molecule has 0 unspecified atom stereocenters. The molecule has 0 saturated heterocycles. The summed E-state index contributed by atoms with van der Waals surface area (Å²) in [5.41, 5.74) is 0.994. The number of nitrogens with one attached hydrogen (secondary N) is 1. The van der Waals surface area contributed by atoms with Crippen molar-refractivity contribution in [3.05, 3.63) is 22.7 Å². The van der Waals surface area contributed by atoms with E-state index in [4.69, 9.17) is 30.5 Å². The van der Waals surface area contributed by atoms with Crippen LogP contribution in [0.4, 0.5) is 0 Å². The molecule has 1 rings (SSSR count). The molecule has 0 aliphatic rings. The van der Waals surface area contributed by atoms with E-state index in [0.29, 0.717) is 29.6 Å². The first-order valence-corrected chi connectivity index (χ1v) is 6.20. The first-order chi connectivity index (χ1) is 9.15. The third-order valence-electron chi connectivity index (χ3n) is 2.66. The van der Waals surface area contributed by atoms with Crippen molar-refractivity contribution < 1.29 is 18.9 Å². The molecule has 1 N–H and O–H groups in total. The highest BCUT2D eigenvalue weighted by molar-refractivity contribution is 6.32. The number of hydrogen-bond acceptors (Lipinski definition) is 5. The van der Waals surface area contributed by atoms with Crippen molar-refractivity contribution in [2.24, 2.45) is 0 Å². The second-order valence-electron chi connectivity index (χ2n) is 3.85. The number of methoxy groups -OCH3 is 4. The second kappa shape index (κ2) is 8.22. The molecule has 0 saturated carbocycles. The second-order valence-corrected chi connectivity index (χ2v) is 4.25. The average molecular weight is 290 g/mol. The van der Waals surface area contributed by atoms with Gasteiger partial charge >= 0.3 is 0 Å². The molecule has 0 aromatic heterocycles. The Kier molecular flexibility index (Phi) is 6.94. The largest absolute Gasteiger partial charge is 0.493 e. The minimum Gasteiger partial charge on any atom is -0.493 e. The molecule has 1 aromatic carbocycles. The molecule has 0 atom stereocenters. The first-order valence-electron chi connectivity index (χ1n) is 5.83. The number of rotatable bonds is 8. The number of hydrogen-bond donors (Lipinski definition) is 1.